The molecule has 23 heavy (non-hydrogen) atoms. The number of aryl methyl sites for hydroxylation is 2. The van der Waals surface area contributed by atoms with Crippen LogP contribution in [0, 0.1) is 13.8 Å². The van der Waals surface area contributed by atoms with Gasteiger partial charge in [-0.2, -0.15) is 0 Å². The molecule has 8 heteroatoms. The first kappa shape index (κ1) is 15.6. The molecule has 122 valence electrons. The Hall–Kier alpha value is -2.32. The standard InChI is InChI=1S/C15H16N2O5S/c1-9-15(10(2)22-16-9)23(19,20)17-7-11(8-18)13-6-12(21-3)4-5-14(13)17/h4-7,18H,8H2,1-3H3. The minimum Gasteiger partial charge on any atom is -0.497 e. The van der Waals surface area contributed by atoms with Crippen LogP contribution in [0.15, 0.2) is 33.8 Å². The average Bonchev–Trinajstić information content (AvgIpc) is 3.07. The van der Waals surface area contributed by atoms with Gasteiger partial charge in [0.05, 0.1) is 19.2 Å². The molecule has 3 aromatic rings. The van der Waals surface area contributed by atoms with E-state index in [1.807, 2.05) is 0 Å². The maximum absolute atomic E-state index is 13.0. The molecule has 0 amide bonds. The largest absolute Gasteiger partial charge is 0.497 e. The molecular weight excluding hydrogens is 320 g/mol. The highest BCUT2D eigenvalue weighted by Gasteiger charge is 2.28. The van der Waals surface area contributed by atoms with Crippen LogP contribution >= 0.6 is 0 Å². The lowest BCUT2D eigenvalue weighted by Gasteiger charge is -2.07. The number of fused-ring (bicyclic) bond motifs is 1. The minimum atomic E-state index is -3.88. The molecule has 1 aromatic carbocycles. The smallest absolute Gasteiger partial charge is 0.273 e. The number of aliphatic hydroxyl groups is 1. The van der Waals surface area contributed by atoms with Crippen molar-refractivity contribution in [1.29, 1.82) is 0 Å². The summed E-state index contributed by atoms with van der Waals surface area (Å²) in [7, 11) is -2.36. The molecule has 3 rings (SSSR count). The fraction of sp³-hybridized carbons (Fsp3) is 0.267. The number of ether oxygens (including phenoxy) is 1. The second-order valence-electron chi connectivity index (χ2n) is 5.15. The first-order valence-corrected chi connectivity index (χ1v) is 8.31. The van der Waals surface area contributed by atoms with Gasteiger partial charge in [-0.25, -0.2) is 12.4 Å². The summed E-state index contributed by atoms with van der Waals surface area (Å²) < 4.78 is 37.2. The van der Waals surface area contributed by atoms with Gasteiger partial charge in [-0.3, -0.25) is 0 Å². The molecule has 0 spiro atoms. The van der Waals surface area contributed by atoms with Gasteiger partial charge in [0.25, 0.3) is 10.0 Å². The second kappa shape index (κ2) is 5.39. The molecule has 0 aliphatic rings. The second-order valence-corrected chi connectivity index (χ2v) is 6.90. The van der Waals surface area contributed by atoms with Crippen LogP contribution in [0.2, 0.25) is 0 Å². The SMILES string of the molecule is COc1ccc2c(c1)c(CO)cn2S(=O)(=O)c1c(C)noc1C. The number of hydrogen-bond acceptors (Lipinski definition) is 6. The maximum atomic E-state index is 13.0. The summed E-state index contributed by atoms with van der Waals surface area (Å²) in [6.45, 7) is 2.84. The minimum absolute atomic E-state index is 0.0368. The third-order valence-electron chi connectivity index (χ3n) is 3.72. The molecular formula is C15H16N2O5S. The first-order valence-electron chi connectivity index (χ1n) is 6.87. The number of aromatic nitrogens is 2. The molecule has 0 aliphatic heterocycles. The quantitative estimate of drug-likeness (QED) is 0.783. The van der Waals surface area contributed by atoms with Gasteiger partial charge in [0.1, 0.15) is 11.4 Å². The van der Waals surface area contributed by atoms with Gasteiger partial charge in [0, 0.05) is 17.1 Å². The van der Waals surface area contributed by atoms with Gasteiger partial charge >= 0.3 is 0 Å². The van der Waals surface area contributed by atoms with E-state index in [2.05, 4.69) is 5.16 Å². The zero-order valence-electron chi connectivity index (χ0n) is 12.9. The molecule has 7 nitrogen and oxygen atoms in total. The zero-order valence-corrected chi connectivity index (χ0v) is 13.7. The lowest BCUT2D eigenvalue weighted by molar-refractivity contribution is 0.283. The maximum Gasteiger partial charge on any atom is 0.273 e. The third-order valence-corrected chi connectivity index (χ3v) is 5.63. The number of benzene rings is 1. The van der Waals surface area contributed by atoms with Crippen LogP contribution in [0.4, 0.5) is 0 Å². The molecule has 0 atom stereocenters. The summed E-state index contributed by atoms with van der Waals surface area (Å²) in [6.07, 6.45) is 1.41. The van der Waals surface area contributed by atoms with E-state index in [0.717, 1.165) is 3.97 Å². The highest BCUT2D eigenvalue weighted by molar-refractivity contribution is 7.90. The summed E-state index contributed by atoms with van der Waals surface area (Å²) in [4.78, 5) is 0.0368. The predicted octanol–water partition coefficient (Wildman–Crippen LogP) is 1.98. The first-order chi connectivity index (χ1) is 10.9. The lowest BCUT2D eigenvalue weighted by atomic mass is 10.2. The Morgan fingerprint density at radius 2 is 2.09 bits per heavy atom. The van der Waals surface area contributed by atoms with E-state index in [-0.39, 0.29) is 17.3 Å². The number of aliphatic hydroxyl groups excluding tert-OH is 1. The molecule has 1 N–H and O–H groups in total. The Bertz CT molecular complexity index is 965. The van der Waals surface area contributed by atoms with Crippen LogP contribution in [-0.2, 0) is 16.6 Å². The van der Waals surface area contributed by atoms with Crippen molar-refractivity contribution >= 4 is 20.9 Å². The van der Waals surface area contributed by atoms with Crippen LogP contribution in [0.1, 0.15) is 17.0 Å². The highest BCUT2D eigenvalue weighted by atomic mass is 32.2. The summed E-state index contributed by atoms with van der Waals surface area (Å²) in [5.41, 5.74) is 1.24. The summed E-state index contributed by atoms with van der Waals surface area (Å²) in [5.74, 6) is 0.808. The van der Waals surface area contributed by atoms with Crippen LogP contribution < -0.4 is 4.74 Å². The molecule has 0 radical (unpaired) electrons. The van der Waals surface area contributed by atoms with Crippen molar-refractivity contribution < 1.29 is 22.8 Å². The van der Waals surface area contributed by atoms with Crippen molar-refractivity contribution in [2.24, 2.45) is 0 Å². The van der Waals surface area contributed by atoms with Crippen LogP contribution in [0.5, 0.6) is 5.75 Å². The predicted molar refractivity (Wildman–Crippen MR) is 83.0 cm³/mol. The Kier molecular flexibility index (Phi) is 3.65. The monoisotopic (exact) mass is 336 g/mol. The van der Waals surface area contributed by atoms with Gasteiger partial charge in [-0.1, -0.05) is 5.16 Å². The summed E-state index contributed by atoms with van der Waals surface area (Å²) >= 11 is 0. The molecule has 0 saturated carbocycles. The molecule has 2 heterocycles. The summed E-state index contributed by atoms with van der Waals surface area (Å²) in [5, 5.41) is 13.9. The van der Waals surface area contributed by atoms with Crippen molar-refractivity contribution in [3.05, 3.63) is 41.4 Å². The molecule has 0 saturated heterocycles. The van der Waals surface area contributed by atoms with Crippen molar-refractivity contribution in [2.45, 2.75) is 25.3 Å². The van der Waals surface area contributed by atoms with E-state index in [1.165, 1.54) is 13.3 Å². The average molecular weight is 336 g/mol. The lowest BCUT2D eigenvalue weighted by Crippen LogP contribution is -2.13. The van der Waals surface area contributed by atoms with Crippen molar-refractivity contribution in [1.82, 2.24) is 9.13 Å². The fourth-order valence-electron chi connectivity index (χ4n) is 2.64. The Morgan fingerprint density at radius 1 is 1.35 bits per heavy atom. The van der Waals surface area contributed by atoms with Gasteiger partial charge in [0.15, 0.2) is 10.7 Å². The Balaban J connectivity index is 2.32. The molecule has 2 aromatic heterocycles. The van der Waals surface area contributed by atoms with Crippen LogP contribution in [0.3, 0.4) is 0 Å². The Labute approximate surface area is 133 Å². The van der Waals surface area contributed by atoms with Crippen molar-refractivity contribution in [3.8, 4) is 5.75 Å². The molecule has 0 unspecified atom stereocenters. The topological polar surface area (TPSA) is 94.6 Å². The number of hydrogen-bond donors (Lipinski definition) is 1. The zero-order chi connectivity index (χ0) is 16.8. The van der Waals surface area contributed by atoms with Crippen molar-refractivity contribution in [3.63, 3.8) is 0 Å². The van der Waals surface area contributed by atoms with E-state index in [1.54, 1.807) is 32.0 Å². The fourth-order valence-corrected chi connectivity index (χ4v) is 4.33. The van der Waals surface area contributed by atoms with Gasteiger partial charge in [-0.05, 0) is 32.0 Å². The van der Waals surface area contributed by atoms with E-state index in [9.17, 15) is 13.5 Å². The van der Waals surface area contributed by atoms with Crippen LogP contribution in [0.25, 0.3) is 10.9 Å². The van der Waals surface area contributed by atoms with E-state index in [0.29, 0.717) is 27.9 Å². The molecule has 0 aliphatic carbocycles. The van der Waals surface area contributed by atoms with Crippen LogP contribution in [-0.4, -0.2) is 29.8 Å². The number of methoxy groups -OCH3 is 1. The van der Waals surface area contributed by atoms with E-state index in [4.69, 9.17) is 9.26 Å². The summed E-state index contributed by atoms with van der Waals surface area (Å²) in [6, 6.07) is 5.01. The number of rotatable bonds is 4. The highest BCUT2D eigenvalue weighted by Crippen LogP contribution is 2.31. The van der Waals surface area contributed by atoms with Gasteiger partial charge in [0.2, 0.25) is 0 Å². The Morgan fingerprint density at radius 3 is 2.65 bits per heavy atom. The molecule has 0 bridgehead atoms. The van der Waals surface area contributed by atoms with E-state index >= 15 is 0 Å². The van der Waals surface area contributed by atoms with Gasteiger partial charge in [-0.15, -0.1) is 0 Å². The van der Waals surface area contributed by atoms with Crippen molar-refractivity contribution in [2.75, 3.05) is 7.11 Å². The number of nitrogens with zero attached hydrogens (tertiary/aromatic N) is 2. The third kappa shape index (κ3) is 2.30. The van der Waals surface area contributed by atoms with Gasteiger partial charge < -0.3 is 14.4 Å². The normalized spacial score (nSPS) is 12.0. The van der Waals surface area contributed by atoms with E-state index < -0.39 is 10.0 Å². The molecule has 0 fully saturated rings.